The number of rotatable bonds is 4. The third kappa shape index (κ3) is 4.26. The Bertz CT molecular complexity index is 477. The van der Waals surface area contributed by atoms with Gasteiger partial charge in [-0.05, 0) is 118 Å². The van der Waals surface area contributed by atoms with Crippen molar-refractivity contribution in [3.63, 3.8) is 0 Å². The molecule has 0 aliphatic heterocycles. The highest BCUT2D eigenvalue weighted by Gasteiger charge is 2.59. The third-order valence-corrected chi connectivity index (χ3v) is 9.74. The summed E-state index contributed by atoms with van der Waals surface area (Å²) >= 11 is 0. The molecule has 1 nitrogen and oxygen atoms in total. The molecule has 4 aliphatic rings. The second-order valence-electron chi connectivity index (χ2n) is 10.4. The van der Waals surface area contributed by atoms with Gasteiger partial charge in [-0.1, -0.05) is 46.6 Å². The van der Waals surface area contributed by atoms with Gasteiger partial charge in [0.05, 0.1) is 0 Å². The first-order valence-electron chi connectivity index (χ1n) is 12.8. The van der Waals surface area contributed by atoms with Crippen LogP contribution in [0.25, 0.3) is 0 Å². The topological polar surface area (TPSA) is 26.0 Å². The molecule has 0 aromatic heterocycles. The van der Waals surface area contributed by atoms with Crippen LogP contribution in [0.2, 0.25) is 0 Å². The lowest BCUT2D eigenvalue weighted by atomic mass is 9.45. The molecule has 0 bridgehead atoms. The Kier molecular flexibility index (Phi) is 9.12. The van der Waals surface area contributed by atoms with Crippen molar-refractivity contribution in [2.24, 2.45) is 46.2 Å². The van der Waals surface area contributed by atoms with E-state index in [4.69, 9.17) is 0 Å². The normalized spacial score (nSPS) is 43.9. The number of allylic oxidation sites excluding steroid dienone is 1. The molecule has 4 saturated carbocycles. The molecule has 0 aromatic rings. The zero-order chi connectivity index (χ0) is 20.8. The Morgan fingerprint density at radius 2 is 1.61 bits per heavy atom. The third-order valence-electron chi connectivity index (χ3n) is 9.74. The Balaban J connectivity index is 0.000000794. The van der Waals surface area contributed by atoms with Gasteiger partial charge in [0.25, 0.3) is 0 Å². The average molecular weight is 392 g/mol. The summed E-state index contributed by atoms with van der Waals surface area (Å²) < 4.78 is 0. The van der Waals surface area contributed by atoms with Crippen molar-refractivity contribution in [1.29, 1.82) is 0 Å². The van der Waals surface area contributed by atoms with E-state index >= 15 is 0 Å². The van der Waals surface area contributed by atoms with Gasteiger partial charge in [-0.2, -0.15) is 0 Å². The summed E-state index contributed by atoms with van der Waals surface area (Å²) in [6.07, 6.45) is 21.6. The molecule has 7 atom stereocenters. The molecule has 0 saturated heterocycles. The first kappa shape index (κ1) is 24.0. The molecule has 4 fully saturated rings. The van der Waals surface area contributed by atoms with Gasteiger partial charge in [0.2, 0.25) is 0 Å². The van der Waals surface area contributed by atoms with Crippen LogP contribution in [0.5, 0.6) is 0 Å². The monoisotopic (exact) mass is 391 g/mol. The summed E-state index contributed by atoms with van der Waals surface area (Å²) in [5, 5.41) is 0. The van der Waals surface area contributed by atoms with Crippen LogP contribution >= 0.6 is 0 Å². The van der Waals surface area contributed by atoms with Crippen molar-refractivity contribution in [3.8, 4) is 0 Å². The maximum absolute atomic E-state index is 4.50. The van der Waals surface area contributed by atoms with Crippen molar-refractivity contribution < 1.29 is 1.43 Å². The van der Waals surface area contributed by atoms with Gasteiger partial charge in [0, 0.05) is 1.43 Å². The lowest BCUT2D eigenvalue weighted by molar-refractivity contribution is -0.111. The van der Waals surface area contributed by atoms with Crippen LogP contribution < -0.4 is 5.73 Å². The minimum absolute atomic E-state index is 0. The van der Waals surface area contributed by atoms with Gasteiger partial charge in [0.15, 0.2) is 0 Å². The highest BCUT2D eigenvalue weighted by atomic mass is 14.6. The molecule has 0 aromatic carbocycles. The molecule has 4 aliphatic carbocycles. The second-order valence-corrected chi connectivity index (χ2v) is 10.4. The first-order valence-corrected chi connectivity index (χ1v) is 12.8. The average Bonchev–Trinajstić information content (AvgIpc) is 3.07. The maximum Gasteiger partial charge on any atom is 0 e. The van der Waals surface area contributed by atoms with Gasteiger partial charge in [0.1, 0.15) is 0 Å². The van der Waals surface area contributed by atoms with Crippen LogP contribution in [0.4, 0.5) is 0 Å². The van der Waals surface area contributed by atoms with Gasteiger partial charge in [-0.15, -0.1) is 6.58 Å². The second kappa shape index (κ2) is 10.6. The van der Waals surface area contributed by atoms with Gasteiger partial charge in [-0.25, -0.2) is 0 Å². The maximum atomic E-state index is 4.50. The van der Waals surface area contributed by atoms with E-state index in [9.17, 15) is 0 Å². The molecule has 4 rings (SSSR count). The zero-order valence-corrected chi connectivity index (χ0v) is 19.9. The van der Waals surface area contributed by atoms with E-state index in [1.165, 1.54) is 45.6 Å². The largest absolute Gasteiger partial charge is 0.333 e. The van der Waals surface area contributed by atoms with E-state index in [0.717, 1.165) is 29.6 Å². The molecule has 166 valence electrons. The van der Waals surface area contributed by atoms with Crippen molar-refractivity contribution in [1.82, 2.24) is 0 Å². The molecule has 0 heterocycles. The number of unbranched alkanes of at least 4 members (excludes halogenated alkanes) is 1. The lowest BCUT2D eigenvalue weighted by Gasteiger charge is -2.60. The minimum atomic E-state index is 0. The van der Waals surface area contributed by atoms with E-state index in [0.29, 0.717) is 10.8 Å². The fourth-order valence-corrected chi connectivity index (χ4v) is 8.39. The standard InChI is InChI=1S/C24H40.C2H6.CH5N.H2/c1-4-5-6-9-19-12-14-21-20-13-11-18-10-7-8-16-23(18,2)22(20)15-17-24(19,21)3;2*1-2;/h4,18-22H,1,5-17H2,2-3H3;1-2H3;2H2,1H3;1H. The first-order chi connectivity index (χ1) is 13.6. The predicted octanol–water partition coefficient (Wildman–Crippen LogP) is 8.24. The van der Waals surface area contributed by atoms with Crippen LogP contribution in [-0.2, 0) is 0 Å². The molecular weight excluding hydrogens is 338 g/mol. The van der Waals surface area contributed by atoms with Crippen molar-refractivity contribution in [3.05, 3.63) is 12.7 Å². The van der Waals surface area contributed by atoms with Crippen LogP contribution in [-0.4, -0.2) is 7.05 Å². The number of nitrogens with two attached hydrogens (primary N) is 1. The van der Waals surface area contributed by atoms with Crippen molar-refractivity contribution in [2.45, 2.75) is 111 Å². The van der Waals surface area contributed by atoms with Gasteiger partial charge < -0.3 is 5.73 Å². The summed E-state index contributed by atoms with van der Waals surface area (Å²) in [4.78, 5) is 0. The lowest BCUT2D eigenvalue weighted by Crippen LogP contribution is -2.52. The fourth-order valence-electron chi connectivity index (χ4n) is 8.39. The highest BCUT2D eigenvalue weighted by Crippen LogP contribution is 2.67. The van der Waals surface area contributed by atoms with E-state index < -0.39 is 0 Å². The SMILES string of the molecule is C=CCCCC1CCC2C3CCC4CCCCC4(C)C3CCC12C.CC.CN.[HH]. The van der Waals surface area contributed by atoms with Gasteiger partial charge >= 0.3 is 0 Å². The van der Waals surface area contributed by atoms with E-state index in [1.54, 1.807) is 44.9 Å². The van der Waals surface area contributed by atoms with E-state index in [1.807, 2.05) is 13.8 Å². The smallest absolute Gasteiger partial charge is 0 e. The number of hydrogen-bond donors (Lipinski definition) is 1. The van der Waals surface area contributed by atoms with Gasteiger partial charge in [-0.3, -0.25) is 0 Å². The molecule has 28 heavy (non-hydrogen) atoms. The Morgan fingerprint density at radius 3 is 2.32 bits per heavy atom. The molecule has 0 radical (unpaired) electrons. The molecule has 0 spiro atoms. The zero-order valence-electron chi connectivity index (χ0n) is 19.9. The Hall–Kier alpha value is -0.300. The van der Waals surface area contributed by atoms with Crippen molar-refractivity contribution >= 4 is 0 Å². The van der Waals surface area contributed by atoms with E-state index in [2.05, 4.69) is 32.2 Å². The highest BCUT2D eigenvalue weighted by molar-refractivity contribution is 5.08. The Labute approximate surface area is 178 Å². The molecule has 2 N–H and O–H groups in total. The van der Waals surface area contributed by atoms with E-state index in [-0.39, 0.29) is 1.43 Å². The summed E-state index contributed by atoms with van der Waals surface area (Å²) in [5.74, 6) is 5.29. The molecule has 0 amide bonds. The fraction of sp³-hybridized carbons (Fsp3) is 0.926. The summed E-state index contributed by atoms with van der Waals surface area (Å²) in [5.41, 5.74) is 5.89. The van der Waals surface area contributed by atoms with Crippen LogP contribution in [0.15, 0.2) is 12.7 Å². The van der Waals surface area contributed by atoms with Crippen LogP contribution in [0.1, 0.15) is 113 Å². The number of hydrogen-bond acceptors (Lipinski definition) is 1. The Morgan fingerprint density at radius 1 is 0.893 bits per heavy atom. The minimum Gasteiger partial charge on any atom is -0.333 e. The summed E-state index contributed by atoms with van der Waals surface area (Å²) in [6.45, 7) is 13.3. The quantitative estimate of drug-likeness (QED) is 0.379. The van der Waals surface area contributed by atoms with Crippen LogP contribution in [0, 0.1) is 40.4 Å². The molecular formula is C27H53N. The summed E-state index contributed by atoms with van der Waals surface area (Å²) in [6, 6.07) is 0. The summed E-state index contributed by atoms with van der Waals surface area (Å²) in [7, 11) is 1.50. The molecule has 1 heteroatoms. The van der Waals surface area contributed by atoms with Crippen LogP contribution in [0.3, 0.4) is 0 Å². The number of fused-ring (bicyclic) bond motifs is 5. The van der Waals surface area contributed by atoms with Crippen molar-refractivity contribution in [2.75, 3.05) is 7.05 Å². The molecule has 7 unspecified atom stereocenters. The predicted molar refractivity (Wildman–Crippen MR) is 127 cm³/mol.